The number of hydrogen-bond donors (Lipinski definition) is 3. The minimum Gasteiger partial charge on any atom is -0.508 e. The van der Waals surface area contributed by atoms with E-state index in [-0.39, 0.29) is 35.1 Å². The number of likely N-dealkylation sites (tertiary alicyclic amines) is 1. The molecular formula is C24H27ClN2O5. The number of carbonyl (C=O) groups excluding carboxylic acids is 1. The predicted octanol–water partition coefficient (Wildman–Crippen LogP) is 3.47. The van der Waals surface area contributed by atoms with E-state index < -0.39 is 12.1 Å². The number of nitrogens with two attached hydrogens (primary N) is 1. The quantitative estimate of drug-likeness (QED) is 0.632. The topological polar surface area (TPSA) is 113 Å². The number of phenols is 1. The molecule has 2 aliphatic rings. The van der Waals surface area contributed by atoms with Crippen LogP contribution in [-0.4, -0.2) is 52.8 Å². The van der Waals surface area contributed by atoms with E-state index in [1.165, 1.54) is 0 Å². The lowest BCUT2D eigenvalue weighted by Gasteiger charge is -2.42. The van der Waals surface area contributed by atoms with Crippen LogP contribution in [0.3, 0.4) is 0 Å². The highest BCUT2D eigenvalue weighted by molar-refractivity contribution is 6.31. The molecule has 2 aromatic carbocycles. The number of piperidine rings is 1. The summed E-state index contributed by atoms with van der Waals surface area (Å²) < 4.78 is 5.57. The van der Waals surface area contributed by atoms with Gasteiger partial charge in [-0.2, -0.15) is 0 Å². The summed E-state index contributed by atoms with van der Waals surface area (Å²) in [5.41, 5.74) is 8.70. The average molecular weight is 459 g/mol. The summed E-state index contributed by atoms with van der Waals surface area (Å²) in [6.45, 7) is 3.22. The van der Waals surface area contributed by atoms with Gasteiger partial charge in [0.2, 0.25) is 0 Å². The van der Waals surface area contributed by atoms with Crippen molar-refractivity contribution < 1.29 is 24.5 Å². The third-order valence-electron chi connectivity index (χ3n) is 6.68. The summed E-state index contributed by atoms with van der Waals surface area (Å²) in [5, 5.41) is 20.3. The molecule has 0 radical (unpaired) electrons. The Morgan fingerprint density at radius 1 is 1.22 bits per heavy atom. The number of phenolic OH excluding ortho intramolecular Hbond substituents is 1. The fraction of sp³-hybridized carbons (Fsp3) is 0.417. The molecule has 170 valence electrons. The van der Waals surface area contributed by atoms with Gasteiger partial charge < -0.3 is 25.6 Å². The molecule has 0 aromatic heterocycles. The number of hydrogen-bond acceptors (Lipinski definition) is 5. The van der Waals surface area contributed by atoms with Gasteiger partial charge in [0.15, 0.2) is 0 Å². The lowest BCUT2D eigenvalue weighted by Crippen LogP contribution is -2.53. The third-order valence-corrected chi connectivity index (χ3v) is 7.09. The average Bonchev–Trinajstić information content (AvgIpc) is 2.75. The number of aryl methyl sites for hydroxylation is 1. The molecular weight excluding hydrogens is 432 g/mol. The number of carbonyl (C=O) groups is 2. The Morgan fingerprint density at radius 3 is 2.53 bits per heavy atom. The van der Waals surface area contributed by atoms with Crippen molar-refractivity contribution in [1.82, 2.24) is 4.90 Å². The van der Waals surface area contributed by atoms with Crippen molar-refractivity contribution in [3.05, 3.63) is 63.7 Å². The number of halogens is 1. The van der Waals surface area contributed by atoms with Gasteiger partial charge in [-0.15, -0.1) is 0 Å². The van der Waals surface area contributed by atoms with E-state index >= 15 is 0 Å². The highest BCUT2D eigenvalue weighted by Gasteiger charge is 2.43. The smallest absolute Gasteiger partial charge is 0.335 e. The second-order valence-electron chi connectivity index (χ2n) is 8.60. The fourth-order valence-electron chi connectivity index (χ4n) is 4.66. The summed E-state index contributed by atoms with van der Waals surface area (Å²) in [7, 11) is 0. The molecule has 0 aliphatic carbocycles. The summed E-state index contributed by atoms with van der Waals surface area (Å²) in [6.07, 6.45) is 0.725. The van der Waals surface area contributed by atoms with Crippen molar-refractivity contribution in [2.75, 3.05) is 19.7 Å². The first-order valence-corrected chi connectivity index (χ1v) is 11.1. The van der Waals surface area contributed by atoms with E-state index in [0.29, 0.717) is 48.7 Å². The molecule has 8 heteroatoms. The second-order valence-corrected chi connectivity index (χ2v) is 9.01. The minimum absolute atomic E-state index is 0.106. The summed E-state index contributed by atoms with van der Waals surface area (Å²) >= 11 is 6.22. The molecule has 2 aromatic rings. The van der Waals surface area contributed by atoms with Crippen LogP contribution in [0.25, 0.3) is 0 Å². The highest BCUT2D eigenvalue weighted by atomic mass is 35.5. The van der Waals surface area contributed by atoms with Crippen molar-refractivity contribution in [1.29, 1.82) is 0 Å². The van der Waals surface area contributed by atoms with Crippen LogP contribution < -0.4 is 5.73 Å². The van der Waals surface area contributed by atoms with E-state index in [9.17, 15) is 19.8 Å². The van der Waals surface area contributed by atoms with Crippen LogP contribution in [0.4, 0.5) is 0 Å². The summed E-state index contributed by atoms with van der Waals surface area (Å²) in [6, 6.07) is 9.73. The molecule has 7 nitrogen and oxygen atoms in total. The lowest BCUT2D eigenvalue weighted by molar-refractivity contribution is -0.162. The Bertz CT molecular complexity index is 1040. The largest absolute Gasteiger partial charge is 0.508 e. The fourth-order valence-corrected chi connectivity index (χ4v) is 4.83. The molecule has 2 saturated heterocycles. The van der Waals surface area contributed by atoms with Gasteiger partial charge in [-0.25, -0.2) is 4.79 Å². The number of rotatable bonds is 5. The number of aromatic hydroxyl groups is 1. The molecule has 2 unspecified atom stereocenters. The van der Waals surface area contributed by atoms with Crippen LogP contribution in [0.15, 0.2) is 36.4 Å². The van der Waals surface area contributed by atoms with Crippen molar-refractivity contribution in [3.8, 4) is 5.75 Å². The van der Waals surface area contributed by atoms with Gasteiger partial charge in [-0.05, 0) is 55.0 Å². The third kappa shape index (κ3) is 4.20. The molecule has 1 amide bonds. The van der Waals surface area contributed by atoms with Crippen LogP contribution in [0.5, 0.6) is 5.75 Å². The normalized spacial score (nSPS) is 22.3. The molecule has 4 rings (SSSR count). The number of amides is 1. The van der Waals surface area contributed by atoms with Gasteiger partial charge in [0, 0.05) is 35.6 Å². The molecule has 2 fully saturated rings. The number of ether oxygens (including phenoxy) is 1. The first-order valence-electron chi connectivity index (χ1n) is 10.7. The lowest BCUT2D eigenvalue weighted by atomic mass is 9.83. The zero-order valence-corrected chi connectivity index (χ0v) is 18.6. The van der Waals surface area contributed by atoms with Gasteiger partial charge >= 0.3 is 5.97 Å². The standard InChI is InChI=1S/C24H27ClN2O5/c1-13-10-20(28)17(11-19(13)25)21(26)14-6-8-27(9-7-14)23(29)22-18(12-32-22)15-4-2-3-5-16(15)24(30)31/h2-5,10-11,14,18,21-22,28H,6-9,12,26H2,1H3,(H,30,31)/t18?,21-,22?/m1/s1. The maximum Gasteiger partial charge on any atom is 0.335 e. The number of benzene rings is 2. The SMILES string of the molecule is Cc1cc(O)c([C@H](N)C2CCN(C(=O)C3OCC3c3ccccc3C(=O)O)CC2)cc1Cl. The molecule has 3 atom stereocenters. The number of carboxylic acid groups (broad SMARTS) is 1. The first kappa shape index (κ1) is 22.6. The summed E-state index contributed by atoms with van der Waals surface area (Å²) in [4.78, 5) is 26.4. The van der Waals surface area contributed by atoms with Crippen molar-refractivity contribution >= 4 is 23.5 Å². The molecule has 2 heterocycles. The van der Waals surface area contributed by atoms with Gasteiger partial charge in [-0.3, -0.25) is 4.79 Å². The van der Waals surface area contributed by atoms with E-state index in [0.717, 1.165) is 5.56 Å². The second kappa shape index (κ2) is 9.10. The molecule has 2 aliphatic heterocycles. The molecule has 0 bridgehead atoms. The highest BCUT2D eigenvalue weighted by Crippen LogP contribution is 2.38. The van der Waals surface area contributed by atoms with Crippen molar-refractivity contribution in [3.63, 3.8) is 0 Å². The molecule has 4 N–H and O–H groups in total. The monoisotopic (exact) mass is 458 g/mol. The predicted molar refractivity (Wildman–Crippen MR) is 120 cm³/mol. The van der Waals surface area contributed by atoms with E-state index in [4.69, 9.17) is 22.1 Å². The van der Waals surface area contributed by atoms with Crippen LogP contribution in [-0.2, 0) is 9.53 Å². The Labute approximate surface area is 191 Å². The zero-order valence-electron chi connectivity index (χ0n) is 17.8. The molecule has 32 heavy (non-hydrogen) atoms. The Morgan fingerprint density at radius 2 is 1.91 bits per heavy atom. The number of aromatic carboxylic acids is 1. The molecule has 0 spiro atoms. The van der Waals surface area contributed by atoms with Gasteiger partial charge in [0.1, 0.15) is 11.9 Å². The van der Waals surface area contributed by atoms with Crippen LogP contribution in [0.1, 0.15) is 51.8 Å². The van der Waals surface area contributed by atoms with E-state index in [1.807, 2.05) is 6.92 Å². The van der Waals surface area contributed by atoms with Gasteiger partial charge in [0.25, 0.3) is 5.91 Å². The van der Waals surface area contributed by atoms with Crippen LogP contribution in [0, 0.1) is 12.8 Å². The van der Waals surface area contributed by atoms with Crippen LogP contribution in [0.2, 0.25) is 5.02 Å². The molecule has 0 saturated carbocycles. The first-order chi connectivity index (χ1) is 15.3. The van der Waals surface area contributed by atoms with Gasteiger partial charge in [-0.1, -0.05) is 29.8 Å². The summed E-state index contributed by atoms with van der Waals surface area (Å²) in [5.74, 6) is -1.14. The van der Waals surface area contributed by atoms with E-state index in [2.05, 4.69) is 0 Å². The maximum atomic E-state index is 13.1. The Hall–Kier alpha value is -2.61. The number of nitrogens with zero attached hydrogens (tertiary/aromatic N) is 1. The van der Waals surface area contributed by atoms with Crippen LogP contribution >= 0.6 is 11.6 Å². The number of carboxylic acids is 1. The van der Waals surface area contributed by atoms with Crippen molar-refractivity contribution in [2.24, 2.45) is 11.7 Å². The Kier molecular flexibility index (Phi) is 6.42. The Balaban J connectivity index is 1.40. The van der Waals surface area contributed by atoms with E-state index in [1.54, 1.807) is 41.3 Å². The maximum absolute atomic E-state index is 13.1. The zero-order chi connectivity index (χ0) is 23.0. The minimum atomic E-state index is -1.01. The van der Waals surface area contributed by atoms with Crippen molar-refractivity contribution in [2.45, 2.75) is 37.8 Å². The van der Waals surface area contributed by atoms with Gasteiger partial charge in [0.05, 0.1) is 12.2 Å².